The maximum Gasteiger partial charge on any atom is 0.264 e. The van der Waals surface area contributed by atoms with Crippen LogP contribution in [0.25, 0.3) is 10.6 Å². The Bertz CT molecular complexity index is 1210. The van der Waals surface area contributed by atoms with Crippen LogP contribution in [-0.4, -0.2) is 56.8 Å². The van der Waals surface area contributed by atoms with Gasteiger partial charge in [-0.05, 0) is 74.2 Å². The molecule has 1 aliphatic rings. The Balaban J connectivity index is 1.24. The van der Waals surface area contributed by atoms with Gasteiger partial charge in [-0.2, -0.15) is 5.10 Å². The van der Waals surface area contributed by atoms with Crippen LogP contribution < -0.4 is 15.0 Å². The van der Waals surface area contributed by atoms with Gasteiger partial charge in [0.25, 0.3) is 5.56 Å². The number of ether oxygens (including phenoxy) is 1. The highest BCUT2D eigenvalue weighted by atomic mass is 32.2. The molecule has 0 saturated carbocycles. The van der Waals surface area contributed by atoms with Crippen molar-refractivity contribution >= 4 is 21.4 Å². The minimum Gasteiger partial charge on any atom is -0.497 e. The van der Waals surface area contributed by atoms with Crippen LogP contribution >= 0.6 is 11.3 Å². The number of likely N-dealkylation sites (tertiary alicyclic amines) is 1. The van der Waals surface area contributed by atoms with Crippen LogP contribution in [-0.2, 0) is 16.4 Å². The molecule has 0 amide bonds. The van der Waals surface area contributed by atoms with Gasteiger partial charge in [0, 0.05) is 19.2 Å². The number of nitrogens with zero attached hydrogens (tertiary/aromatic N) is 2. The van der Waals surface area contributed by atoms with Crippen molar-refractivity contribution in [1.82, 2.24) is 19.8 Å². The quantitative estimate of drug-likeness (QED) is 0.480. The zero-order valence-electron chi connectivity index (χ0n) is 18.5. The van der Waals surface area contributed by atoms with E-state index in [2.05, 4.69) is 32.0 Å². The molecule has 33 heavy (non-hydrogen) atoms. The number of piperidine rings is 1. The van der Waals surface area contributed by atoms with E-state index in [1.807, 2.05) is 12.1 Å². The molecule has 2 aromatic heterocycles. The van der Waals surface area contributed by atoms with Gasteiger partial charge in [0.2, 0.25) is 10.0 Å². The van der Waals surface area contributed by atoms with E-state index in [0.29, 0.717) is 23.0 Å². The Morgan fingerprint density at radius 1 is 1.18 bits per heavy atom. The molecule has 3 aromatic rings. The topological polar surface area (TPSA) is 104 Å². The van der Waals surface area contributed by atoms with Crippen molar-refractivity contribution in [2.75, 3.05) is 33.3 Å². The first-order chi connectivity index (χ1) is 15.9. The number of sulfonamides is 1. The van der Waals surface area contributed by atoms with Gasteiger partial charge in [-0.3, -0.25) is 4.79 Å². The predicted octanol–water partition coefficient (Wildman–Crippen LogP) is 2.74. The van der Waals surface area contributed by atoms with Gasteiger partial charge >= 0.3 is 0 Å². The summed E-state index contributed by atoms with van der Waals surface area (Å²) in [6.45, 7) is 3.37. The van der Waals surface area contributed by atoms with Crippen LogP contribution in [0.4, 0.5) is 0 Å². The van der Waals surface area contributed by atoms with Crippen LogP contribution in [0.15, 0.2) is 57.5 Å². The summed E-state index contributed by atoms with van der Waals surface area (Å²) in [5.74, 6) is 1.21. The first-order valence-electron chi connectivity index (χ1n) is 10.9. The molecule has 1 aliphatic heterocycles. The summed E-state index contributed by atoms with van der Waals surface area (Å²) < 4.78 is 33.8. The highest BCUT2D eigenvalue weighted by molar-refractivity contribution is 7.91. The summed E-state index contributed by atoms with van der Waals surface area (Å²) in [7, 11) is -1.90. The minimum absolute atomic E-state index is 0.251. The van der Waals surface area contributed by atoms with E-state index >= 15 is 0 Å². The van der Waals surface area contributed by atoms with Gasteiger partial charge < -0.3 is 9.64 Å². The zero-order chi connectivity index (χ0) is 23.3. The second-order valence-electron chi connectivity index (χ2n) is 8.16. The Morgan fingerprint density at radius 3 is 2.73 bits per heavy atom. The Labute approximate surface area is 197 Å². The Morgan fingerprint density at radius 2 is 2.00 bits per heavy atom. The summed E-state index contributed by atoms with van der Waals surface area (Å²) in [4.78, 5) is 14.3. The van der Waals surface area contributed by atoms with Gasteiger partial charge in [0.15, 0.2) is 0 Å². The number of thiophene rings is 1. The fourth-order valence-electron chi connectivity index (χ4n) is 3.91. The van der Waals surface area contributed by atoms with Crippen LogP contribution in [0.5, 0.6) is 5.75 Å². The van der Waals surface area contributed by atoms with E-state index < -0.39 is 10.0 Å². The molecule has 0 spiro atoms. The van der Waals surface area contributed by atoms with Gasteiger partial charge in [-0.1, -0.05) is 12.1 Å². The normalized spacial score (nSPS) is 15.5. The van der Waals surface area contributed by atoms with Crippen molar-refractivity contribution in [3.05, 3.63) is 64.4 Å². The maximum atomic E-state index is 12.8. The SMILES string of the molecule is COc1cccc(CCN2CCC(CNS(=O)(=O)c3ccc(-c4ccc(=O)[nH]n4)s3)CC2)c1. The average molecular weight is 489 g/mol. The predicted molar refractivity (Wildman–Crippen MR) is 129 cm³/mol. The minimum atomic E-state index is -3.58. The van der Waals surface area contributed by atoms with Crippen LogP contribution in [0.3, 0.4) is 0 Å². The number of nitrogens with one attached hydrogen (secondary N) is 2. The first-order valence-corrected chi connectivity index (χ1v) is 13.2. The number of hydrogen-bond acceptors (Lipinski definition) is 7. The first kappa shape index (κ1) is 23.6. The zero-order valence-corrected chi connectivity index (χ0v) is 20.1. The molecular formula is C23H28N4O4S2. The molecule has 0 aliphatic carbocycles. The fourth-order valence-corrected chi connectivity index (χ4v) is 6.35. The van der Waals surface area contributed by atoms with Gasteiger partial charge in [0.05, 0.1) is 12.0 Å². The second-order valence-corrected chi connectivity index (χ2v) is 11.2. The van der Waals surface area contributed by atoms with Crippen LogP contribution in [0.1, 0.15) is 18.4 Å². The number of aromatic amines is 1. The molecule has 1 aromatic carbocycles. The van der Waals surface area contributed by atoms with Gasteiger partial charge in [0.1, 0.15) is 15.7 Å². The largest absolute Gasteiger partial charge is 0.497 e. The Hall–Kier alpha value is -2.53. The summed E-state index contributed by atoms with van der Waals surface area (Å²) in [5, 5.41) is 6.33. The number of methoxy groups -OCH3 is 1. The molecule has 8 nitrogen and oxygen atoms in total. The average Bonchev–Trinajstić information content (AvgIpc) is 3.34. The molecule has 1 saturated heterocycles. The van der Waals surface area contributed by atoms with Crippen molar-refractivity contribution < 1.29 is 13.2 Å². The lowest BCUT2D eigenvalue weighted by atomic mass is 9.97. The molecule has 176 valence electrons. The second kappa shape index (κ2) is 10.6. The Kier molecular flexibility index (Phi) is 7.59. The number of aromatic nitrogens is 2. The van der Waals surface area contributed by atoms with Crippen molar-refractivity contribution in [2.45, 2.75) is 23.5 Å². The highest BCUT2D eigenvalue weighted by Gasteiger charge is 2.23. The molecule has 2 N–H and O–H groups in total. The van der Waals surface area contributed by atoms with Crippen molar-refractivity contribution in [3.8, 4) is 16.3 Å². The molecule has 0 radical (unpaired) electrons. The van der Waals surface area contributed by atoms with E-state index in [9.17, 15) is 13.2 Å². The number of H-pyrrole nitrogens is 1. The summed E-state index contributed by atoms with van der Waals surface area (Å²) in [6, 6.07) is 14.4. The van der Waals surface area contributed by atoms with E-state index in [0.717, 1.165) is 56.0 Å². The highest BCUT2D eigenvalue weighted by Crippen LogP contribution is 2.29. The fraction of sp³-hybridized carbons (Fsp3) is 0.391. The van der Waals surface area contributed by atoms with E-state index in [4.69, 9.17) is 4.74 Å². The number of rotatable bonds is 9. The lowest BCUT2D eigenvalue weighted by Gasteiger charge is -2.32. The van der Waals surface area contributed by atoms with Crippen LogP contribution in [0.2, 0.25) is 0 Å². The molecule has 1 fully saturated rings. The van der Waals surface area contributed by atoms with E-state index in [1.54, 1.807) is 25.3 Å². The number of benzene rings is 1. The number of hydrogen-bond donors (Lipinski definition) is 2. The smallest absolute Gasteiger partial charge is 0.264 e. The lowest BCUT2D eigenvalue weighted by Crippen LogP contribution is -2.39. The third kappa shape index (κ3) is 6.29. The monoisotopic (exact) mass is 488 g/mol. The van der Waals surface area contributed by atoms with E-state index in [1.165, 1.54) is 11.6 Å². The molecular weight excluding hydrogens is 460 g/mol. The standard InChI is InChI=1S/C23H28N4O4S2/c1-31-19-4-2-3-17(15-19)9-12-27-13-10-18(11-14-27)16-24-33(29,30)23-8-6-21(32-23)20-5-7-22(28)26-25-20/h2-8,15,18,24H,9-14,16H2,1H3,(H,26,28). The van der Waals surface area contributed by atoms with Gasteiger partial charge in [-0.25, -0.2) is 18.2 Å². The van der Waals surface area contributed by atoms with Gasteiger partial charge in [-0.15, -0.1) is 11.3 Å². The molecule has 0 unspecified atom stereocenters. The third-order valence-electron chi connectivity index (χ3n) is 5.90. The van der Waals surface area contributed by atoms with Crippen LogP contribution in [0, 0.1) is 5.92 Å². The summed E-state index contributed by atoms with van der Waals surface area (Å²) >= 11 is 1.14. The molecule has 0 bridgehead atoms. The third-order valence-corrected chi connectivity index (χ3v) is 8.92. The summed E-state index contributed by atoms with van der Waals surface area (Å²) in [6.07, 6.45) is 2.91. The molecule has 4 rings (SSSR count). The van der Waals surface area contributed by atoms with Crippen molar-refractivity contribution in [1.29, 1.82) is 0 Å². The molecule has 0 atom stereocenters. The van der Waals surface area contributed by atoms with E-state index in [-0.39, 0.29) is 9.77 Å². The molecule has 10 heteroatoms. The molecule has 3 heterocycles. The summed E-state index contributed by atoms with van der Waals surface area (Å²) in [5.41, 5.74) is 1.51. The van der Waals surface area contributed by atoms with Crippen molar-refractivity contribution in [2.24, 2.45) is 5.92 Å². The maximum absolute atomic E-state index is 12.8. The lowest BCUT2D eigenvalue weighted by molar-refractivity contribution is 0.187. The van der Waals surface area contributed by atoms with Crippen molar-refractivity contribution in [3.63, 3.8) is 0 Å².